The van der Waals surface area contributed by atoms with Gasteiger partial charge >= 0.3 is 6.09 Å². The van der Waals surface area contributed by atoms with E-state index in [1.807, 2.05) is 127 Å². The summed E-state index contributed by atoms with van der Waals surface area (Å²) >= 11 is 13.4. The van der Waals surface area contributed by atoms with Crippen molar-refractivity contribution in [2.75, 3.05) is 6.54 Å². The van der Waals surface area contributed by atoms with Crippen LogP contribution in [0.5, 0.6) is 11.5 Å². The van der Waals surface area contributed by atoms with Crippen molar-refractivity contribution >= 4 is 29.3 Å². The fourth-order valence-corrected chi connectivity index (χ4v) is 5.05. The zero-order valence-corrected chi connectivity index (χ0v) is 24.9. The largest absolute Gasteiger partial charge is 0.487 e. The van der Waals surface area contributed by atoms with Crippen LogP contribution in [0.1, 0.15) is 33.7 Å². The van der Waals surface area contributed by atoms with Crippen molar-refractivity contribution in [1.82, 2.24) is 5.32 Å². The molecule has 218 valence electrons. The lowest BCUT2D eigenvalue weighted by molar-refractivity contribution is 0.139. The minimum absolute atomic E-state index is 0.176. The fourth-order valence-electron chi connectivity index (χ4n) is 4.56. The Hall–Kier alpha value is -4.45. The van der Waals surface area contributed by atoms with Crippen molar-refractivity contribution in [3.63, 3.8) is 0 Å². The summed E-state index contributed by atoms with van der Waals surface area (Å²) in [5.74, 6) is 0.877. The molecule has 7 heteroatoms. The molecular formula is C36H31Cl2NO4. The molecule has 0 aliphatic rings. The van der Waals surface area contributed by atoms with Gasteiger partial charge in [-0.15, -0.1) is 0 Å². The molecule has 0 aliphatic heterocycles. The second-order valence-electron chi connectivity index (χ2n) is 9.92. The van der Waals surface area contributed by atoms with Crippen LogP contribution in [0.2, 0.25) is 10.0 Å². The average Bonchev–Trinajstić information content (AvgIpc) is 3.04. The van der Waals surface area contributed by atoms with Gasteiger partial charge in [0.25, 0.3) is 0 Å². The van der Waals surface area contributed by atoms with Crippen molar-refractivity contribution in [3.8, 4) is 11.5 Å². The number of rotatable bonds is 12. The number of alkyl carbamates (subject to hydrolysis) is 1. The number of carbonyl (C=O) groups excluding carboxylic acids is 1. The fraction of sp³-hybridized carbons (Fsp3) is 0.139. The normalized spacial score (nSPS) is 10.8. The van der Waals surface area contributed by atoms with Crippen molar-refractivity contribution < 1.29 is 19.0 Å². The van der Waals surface area contributed by atoms with E-state index in [4.69, 9.17) is 37.4 Å². The summed E-state index contributed by atoms with van der Waals surface area (Å²) in [5, 5.41) is 3.84. The number of nitrogens with one attached hydrogen (secondary N) is 1. The maximum Gasteiger partial charge on any atom is 0.407 e. The second kappa shape index (κ2) is 15.1. The predicted octanol–water partition coefficient (Wildman–Crippen LogP) is 9.21. The van der Waals surface area contributed by atoms with Crippen LogP contribution in [-0.4, -0.2) is 12.6 Å². The molecule has 5 rings (SSSR count). The van der Waals surface area contributed by atoms with E-state index in [-0.39, 0.29) is 19.1 Å². The van der Waals surface area contributed by atoms with E-state index in [9.17, 15) is 4.79 Å². The minimum atomic E-state index is -0.517. The molecule has 0 radical (unpaired) electrons. The number of ether oxygens (including phenoxy) is 3. The van der Waals surface area contributed by atoms with E-state index < -0.39 is 6.09 Å². The van der Waals surface area contributed by atoms with Gasteiger partial charge in [-0.3, -0.25) is 0 Å². The van der Waals surface area contributed by atoms with Crippen molar-refractivity contribution in [2.45, 2.75) is 25.7 Å². The summed E-state index contributed by atoms with van der Waals surface area (Å²) in [6.07, 6.45) is -0.517. The first-order chi connectivity index (χ1) is 21.0. The number of hydrogen-bond acceptors (Lipinski definition) is 4. The maximum absolute atomic E-state index is 12.6. The summed E-state index contributed by atoms with van der Waals surface area (Å²) in [4.78, 5) is 12.6. The van der Waals surface area contributed by atoms with Gasteiger partial charge in [0, 0.05) is 12.5 Å². The number of halogens is 2. The standard InChI is InChI=1S/C36H31Cl2NO4/c37-32-20-29(16-18-34(32)41-23-26-10-4-1-5-11-26)31(22-39-36(40)43-25-28-14-8-3-9-15-28)30-17-19-35(33(38)21-30)42-24-27-12-6-2-7-13-27/h1-21,31H,22-25H2,(H,39,40). The first-order valence-electron chi connectivity index (χ1n) is 13.9. The molecule has 0 unspecified atom stereocenters. The van der Waals surface area contributed by atoms with E-state index in [0.29, 0.717) is 34.8 Å². The van der Waals surface area contributed by atoms with Crippen LogP contribution in [0.3, 0.4) is 0 Å². The summed E-state index contributed by atoms with van der Waals surface area (Å²) in [6.45, 7) is 1.24. The van der Waals surface area contributed by atoms with Crippen LogP contribution < -0.4 is 14.8 Å². The van der Waals surface area contributed by atoms with Gasteiger partial charge in [0.1, 0.15) is 31.3 Å². The van der Waals surface area contributed by atoms with E-state index in [0.717, 1.165) is 27.8 Å². The molecule has 0 aliphatic carbocycles. The van der Waals surface area contributed by atoms with Crippen LogP contribution in [0.25, 0.3) is 0 Å². The predicted molar refractivity (Wildman–Crippen MR) is 171 cm³/mol. The maximum atomic E-state index is 12.6. The van der Waals surface area contributed by atoms with E-state index in [2.05, 4.69) is 5.32 Å². The zero-order valence-electron chi connectivity index (χ0n) is 23.4. The van der Waals surface area contributed by atoms with E-state index >= 15 is 0 Å². The molecule has 0 saturated carbocycles. The SMILES string of the molecule is O=C(NCC(c1ccc(OCc2ccccc2)c(Cl)c1)c1ccc(OCc2ccccc2)c(Cl)c1)OCc1ccccc1. The van der Waals surface area contributed by atoms with Crippen molar-refractivity contribution in [1.29, 1.82) is 0 Å². The first kappa shape index (κ1) is 30.0. The van der Waals surface area contributed by atoms with E-state index in [1.165, 1.54) is 0 Å². The molecule has 43 heavy (non-hydrogen) atoms. The number of amides is 1. The highest BCUT2D eigenvalue weighted by Crippen LogP contribution is 2.35. The van der Waals surface area contributed by atoms with Gasteiger partial charge in [-0.1, -0.05) is 126 Å². The van der Waals surface area contributed by atoms with Gasteiger partial charge in [0.2, 0.25) is 0 Å². The first-order valence-corrected chi connectivity index (χ1v) is 14.7. The molecule has 5 aromatic carbocycles. The minimum Gasteiger partial charge on any atom is -0.487 e. The summed E-state index contributed by atoms with van der Waals surface area (Å²) in [7, 11) is 0. The molecule has 5 aromatic rings. The lowest BCUT2D eigenvalue weighted by Gasteiger charge is -2.21. The third-order valence-corrected chi connectivity index (χ3v) is 7.44. The van der Waals surface area contributed by atoms with Gasteiger partial charge in [0.15, 0.2) is 0 Å². The molecule has 0 heterocycles. The summed E-state index contributed by atoms with van der Waals surface area (Å²) in [5.41, 5.74) is 4.76. The third-order valence-electron chi connectivity index (χ3n) is 6.85. The molecular weight excluding hydrogens is 581 g/mol. The van der Waals surface area contributed by atoms with Crippen LogP contribution >= 0.6 is 23.2 Å². The van der Waals surface area contributed by atoms with E-state index in [1.54, 1.807) is 0 Å². The lowest BCUT2D eigenvalue weighted by atomic mass is 9.91. The third kappa shape index (κ3) is 8.77. The Balaban J connectivity index is 1.32. The Morgan fingerprint density at radius 2 is 1.00 bits per heavy atom. The second-order valence-corrected chi connectivity index (χ2v) is 10.7. The summed E-state index contributed by atoms with van der Waals surface area (Å²) < 4.78 is 17.4. The number of carbonyl (C=O) groups is 1. The molecule has 5 nitrogen and oxygen atoms in total. The molecule has 0 atom stereocenters. The van der Waals surface area contributed by atoms with Gasteiger partial charge in [-0.05, 0) is 52.1 Å². The molecule has 0 fully saturated rings. The zero-order chi connectivity index (χ0) is 29.9. The van der Waals surface area contributed by atoms with Crippen LogP contribution in [-0.2, 0) is 24.6 Å². The van der Waals surface area contributed by atoms with Gasteiger partial charge in [-0.2, -0.15) is 0 Å². The Bertz CT molecular complexity index is 1520. The van der Waals surface area contributed by atoms with Crippen molar-refractivity contribution in [2.24, 2.45) is 0 Å². The highest BCUT2D eigenvalue weighted by Gasteiger charge is 2.19. The van der Waals surface area contributed by atoms with Crippen molar-refractivity contribution in [3.05, 3.63) is 165 Å². The topological polar surface area (TPSA) is 56.8 Å². The Labute approximate surface area is 262 Å². The highest BCUT2D eigenvalue weighted by atomic mass is 35.5. The molecule has 0 bridgehead atoms. The monoisotopic (exact) mass is 611 g/mol. The van der Waals surface area contributed by atoms with Crippen LogP contribution in [0.4, 0.5) is 4.79 Å². The lowest BCUT2D eigenvalue weighted by Crippen LogP contribution is -2.29. The average molecular weight is 613 g/mol. The number of benzene rings is 5. The Morgan fingerprint density at radius 3 is 1.42 bits per heavy atom. The van der Waals surface area contributed by atoms with Gasteiger partial charge < -0.3 is 19.5 Å². The quantitative estimate of drug-likeness (QED) is 0.153. The molecule has 0 aromatic heterocycles. The highest BCUT2D eigenvalue weighted by molar-refractivity contribution is 6.32. The van der Waals surface area contributed by atoms with Crippen LogP contribution in [0, 0.1) is 0 Å². The smallest absolute Gasteiger partial charge is 0.407 e. The molecule has 1 amide bonds. The molecule has 1 N–H and O–H groups in total. The van der Waals surface area contributed by atoms with Gasteiger partial charge in [-0.25, -0.2) is 4.79 Å². The Morgan fingerprint density at radius 1 is 0.581 bits per heavy atom. The van der Waals surface area contributed by atoms with Gasteiger partial charge in [0.05, 0.1) is 10.0 Å². The molecule has 0 saturated heterocycles. The molecule has 0 spiro atoms. The van der Waals surface area contributed by atoms with Crippen LogP contribution in [0.15, 0.2) is 127 Å². The number of hydrogen-bond donors (Lipinski definition) is 1. The Kier molecular flexibility index (Phi) is 10.6. The summed E-state index contributed by atoms with van der Waals surface area (Å²) in [6, 6.07) is 40.6.